The molecule has 2 unspecified atom stereocenters. The molecular weight excluding hydrogens is 905 g/mol. The molecule has 66 heavy (non-hydrogen) atoms. The molecule has 8 aliphatic rings. The molecule has 11 nitrogen and oxygen atoms in total. The van der Waals surface area contributed by atoms with Crippen molar-refractivity contribution in [3.05, 3.63) is 72.3 Å². The molecular formula is C49H54F4O11S2. The minimum Gasteiger partial charge on any atom is -0.743 e. The highest BCUT2D eigenvalue weighted by Gasteiger charge is 2.63. The molecule has 8 bridgehead atoms. The van der Waals surface area contributed by atoms with Gasteiger partial charge in [-0.2, -0.15) is 17.6 Å². The summed E-state index contributed by atoms with van der Waals surface area (Å²) in [5.41, 5.74) is -1.68. The largest absolute Gasteiger partial charge is 0.743 e. The topological polar surface area (TPSA) is 166 Å². The lowest BCUT2D eigenvalue weighted by molar-refractivity contribution is -0.207. The van der Waals surface area contributed by atoms with E-state index in [9.17, 15) is 50.0 Å². The number of halogens is 4. The van der Waals surface area contributed by atoms with Gasteiger partial charge in [-0.15, -0.1) is 0 Å². The molecule has 1 aromatic heterocycles. The summed E-state index contributed by atoms with van der Waals surface area (Å²) in [5, 5.41) is 7.26. The van der Waals surface area contributed by atoms with Crippen molar-refractivity contribution in [2.24, 2.45) is 40.9 Å². The second kappa shape index (κ2) is 17.0. The van der Waals surface area contributed by atoms with Gasteiger partial charge in [0.25, 0.3) is 0 Å². The molecule has 3 aromatic carbocycles. The molecule has 1 N–H and O–H groups in total. The smallest absolute Gasteiger partial charge is 0.396 e. The third kappa shape index (κ3) is 8.48. The third-order valence-electron chi connectivity index (χ3n) is 15.6. The van der Waals surface area contributed by atoms with Crippen molar-refractivity contribution in [2.45, 2.75) is 113 Å². The minimum absolute atomic E-state index is 0.0245. The van der Waals surface area contributed by atoms with Crippen molar-refractivity contribution in [3.63, 3.8) is 0 Å². The van der Waals surface area contributed by atoms with Gasteiger partial charge in [0.05, 0.1) is 37.6 Å². The van der Waals surface area contributed by atoms with E-state index in [1.54, 1.807) is 7.11 Å². The molecule has 0 amide bonds. The van der Waals surface area contributed by atoms with Crippen LogP contribution in [0.1, 0.15) is 89.5 Å². The van der Waals surface area contributed by atoms with Crippen molar-refractivity contribution in [2.75, 3.05) is 20.3 Å². The van der Waals surface area contributed by atoms with Gasteiger partial charge in [-0.25, -0.2) is 13.2 Å². The zero-order chi connectivity index (χ0) is 47.0. The molecule has 0 aliphatic heterocycles. The van der Waals surface area contributed by atoms with Crippen LogP contribution in [-0.4, -0.2) is 78.7 Å². The SMILES string of the molecule is COc1ccc(-[s+]2c3ccccc3c3ccccc32)cc1CC(=O)OCC(=O)OC1(C)C2CC3CC(C2)CC1C3.O=C(OCCC(F)(F)C(F)(F)S(=O)(=O)[O-])C12CC3CC(CC(O)(C3)C1)C2. The van der Waals surface area contributed by atoms with E-state index in [4.69, 9.17) is 18.9 Å². The van der Waals surface area contributed by atoms with Gasteiger partial charge in [-0.3, -0.25) is 9.59 Å². The van der Waals surface area contributed by atoms with E-state index in [0.717, 1.165) is 54.4 Å². The number of fused-ring (bicyclic) bond motifs is 3. The normalized spacial score (nSPS) is 30.8. The fourth-order valence-corrected chi connectivity index (χ4v) is 16.1. The number of hydrogen-bond donors (Lipinski definition) is 1. The second-order valence-electron chi connectivity index (χ2n) is 20.1. The van der Waals surface area contributed by atoms with E-state index in [2.05, 4.69) is 67.6 Å². The molecule has 4 aromatic rings. The maximum atomic E-state index is 13.4. The number of rotatable bonds is 13. The molecule has 8 saturated carbocycles. The highest BCUT2D eigenvalue weighted by molar-refractivity contribution is 7.86. The summed E-state index contributed by atoms with van der Waals surface area (Å²) < 4.78 is 108. The van der Waals surface area contributed by atoms with Crippen LogP contribution in [0.25, 0.3) is 25.1 Å². The van der Waals surface area contributed by atoms with Crippen LogP contribution in [0.15, 0.2) is 66.7 Å². The van der Waals surface area contributed by atoms with Crippen molar-refractivity contribution in [1.29, 1.82) is 0 Å². The molecule has 17 heteroatoms. The van der Waals surface area contributed by atoms with Gasteiger partial charge in [0.15, 0.2) is 31.0 Å². The first-order valence-electron chi connectivity index (χ1n) is 22.7. The Balaban J connectivity index is 0.000000183. The van der Waals surface area contributed by atoms with Crippen molar-refractivity contribution < 1.29 is 69.0 Å². The molecule has 0 saturated heterocycles. The highest BCUT2D eigenvalue weighted by Crippen LogP contribution is 2.62. The van der Waals surface area contributed by atoms with Crippen molar-refractivity contribution in [3.8, 4) is 10.6 Å². The Bertz CT molecular complexity index is 2570. The van der Waals surface area contributed by atoms with Gasteiger partial charge in [0.1, 0.15) is 11.4 Å². The summed E-state index contributed by atoms with van der Waals surface area (Å²) in [6.45, 7) is 0.608. The fraction of sp³-hybridized carbons (Fsp3) is 0.571. The van der Waals surface area contributed by atoms with Crippen LogP contribution < -0.4 is 4.74 Å². The Morgan fingerprint density at radius 3 is 1.89 bits per heavy atom. The van der Waals surface area contributed by atoms with Gasteiger partial charge in [-0.05, 0) is 143 Å². The molecule has 12 rings (SSSR count). The van der Waals surface area contributed by atoms with Gasteiger partial charge < -0.3 is 28.6 Å². The van der Waals surface area contributed by atoms with E-state index in [1.165, 1.54) is 26.6 Å². The maximum absolute atomic E-state index is 13.4. The Morgan fingerprint density at radius 1 is 0.788 bits per heavy atom. The van der Waals surface area contributed by atoms with Crippen molar-refractivity contribution in [1.82, 2.24) is 0 Å². The quantitative estimate of drug-likeness (QED) is 0.0446. The van der Waals surface area contributed by atoms with Crippen LogP contribution in [0.5, 0.6) is 5.75 Å². The van der Waals surface area contributed by atoms with Crippen LogP contribution >= 0.6 is 10.5 Å². The van der Waals surface area contributed by atoms with Gasteiger partial charge >= 0.3 is 29.1 Å². The summed E-state index contributed by atoms with van der Waals surface area (Å²) in [4.78, 5) is 39.4. The van der Waals surface area contributed by atoms with E-state index in [0.29, 0.717) is 43.3 Å². The number of methoxy groups -OCH3 is 1. The number of benzene rings is 3. The standard InChI is InChI=1S/C34H35O5S.C15H20F4O6S/c1-34(24-14-21-13-22(16-24)17-25(34)15-21)39-33(36)20-38-32(35)19-23-18-26(11-12-29(23)37-2)40-30-9-5-3-7-27(30)28-8-4-6-10-31(28)40;16-14(17,15(18,19)26(22,23)24)1-2-25-11(20)12-4-9-3-10(5-12)7-13(21,6-9)8-12/h3-12,18,21-22,24-25H,13-17,19-20H2,1-2H3;9-10,21H,1-8H2,(H,22,23,24)/q+1;/p-1. The van der Waals surface area contributed by atoms with Crippen molar-refractivity contribution >= 4 is 58.7 Å². The average Bonchev–Trinajstić information content (AvgIpc) is 3.58. The molecule has 8 fully saturated rings. The number of aliphatic hydroxyl groups is 1. The number of esters is 3. The molecule has 2 atom stereocenters. The average molecular weight is 959 g/mol. The van der Waals surface area contributed by atoms with Gasteiger partial charge in [-0.1, -0.05) is 24.3 Å². The van der Waals surface area contributed by atoms with E-state index in [1.807, 2.05) is 6.07 Å². The molecule has 0 spiro atoms. The van der Waals surface area contributed by atoms with Crippen LogP contribution in [0.4, 0.5) is 17.6 Å². The molecule has 0 radical (unpaired) electrons. The van der Waals surface area contributed by atoms with E-state index < -0.39 is 68.8 Å². The fourth-order valence-electron chi connectivity index (χ4n) is 13.2. The zero-order valence-electron chi connectivity index (χ0n) is 36.8. The summed E-state index contributed by atoms with van der Waals surface area (Å²) in [6, 6.07) is 23.1. The summed E-state index contributed by atoms with van der Waals surface area (Å²) in [5.74, 6) is -3.55. The van der Waals surface area contributed by atoms with Gasteiger partial charge in [0.2, 0.25) is 0 Å². The number of carbonyl (C=O) groups excluding carboxylic acids is 3. The minimum atomic E-state index is -6.56. The molecule has 1 heterocycles. The van der Waals surface area contributed by atoms with Crippen LogP contribution in [0, 0.1) is 40.9 Å². The Labute approximate surface area is 383 Å². The lowest BCUT2D eigenvalue weighted by Gasteiger charge is -2.59. The maximum Gasteiger partial charge on any atom is 0.396 e. The predicted octanol–water partition coefficient (Wildman–Crippen LogP) is 9.61. The Kier molecular flexibility index (Phi) is 12.1. The summed E-state index contributed by atoms with van der Waals surface area (Å²) in [6.07, 6.45) is 7.28. The molecule has 8 aliphatic carbocycles. The van der Waals surface area contributed by atoms with Gasteiger partial charge in [0, 0.05) is 38.9 Å². The zero-order valence-corrected chi connectivity index (χ0v) is 38.4. The lowest BCUT2D eigenvalue weighted by Crippen LogP contribution is -2.58. The van der Waals surface area contributed by atoms with E-state index >= 15 is 0 Å². The predicted molar refractivity (Wildman–Crippen MR) is 235 cm³/mol. The van der Waals surface area contributed by atoms with Crippen LogP contribution in [-0.2, 0) is 45.1 Å². The number of ether oxygens (including phenoxy) is 4. The number of hydrogen-bond acceptors (Lipinski definition) is 11. The number of carbonyl (C=O) groups is 3. The first-order valence-corrected chi connectivity index (χ1v) is 25.3. The first kappa shape index (κ1) is 46.8. The third-order valence-corrected chi connectivity index (χ3v) is 18.9. The number of alkyl halides is 4. The van der Waals surface area contributed by atoms with Crippen LogP contribution in [0.3, 0.4) is 0 Å². The van der Waals surface area contributed by atoms with Crippen LogP contribution in [0.2, 0.25) is 0 Å². The Morgan fingerprint density at radius 2 is 1.35 bits per heavy atom. The summed E-state index contributed by atoms with van der Waals surface area (Å²) >= 11 is 0. The number of thiophene rings is 1. The second-order valence-corrected chi connectivity index (χ2v) is 23.5. The summed E-state index contributed by atoms with van der Waals surface area (Å²) in [7, 11) is -5.24. The monoisotopic (exact) mass is 958 g/mol. The lowest BCUT2D eigenvalue weighted by atomic mass is 9.48. The van der Waals surface area contributed by atoms with E-state index in [-0.39, 0.29) is 41.8 Å². The first-order chi connectivity index (χ1) is 31.1. The molecule has 356 valence electrons. The highest BCUT2D eigenvalue weighted by atomic mass is 32.2. The Hall–Kier alpha value is -4.32.